The van der Waals surface area contributed by atoms with Crippen LogP contribution in [0.2, 0.25) is 0 Å². The van der Waals surface area contributed by atoms with Gasteiger partial charge in [-0.1, -0.05) is 0 Å². The van der Waals surface area contributed by atoms with Gasteiger partial charge >= 0.3 is 0 Å². The maximum absolute atomic E-state index is 15.7. The lowest BCUT2D eigenvalue weighted by molar-refractivity contribution is 0.165. The van der Waals surface area contributed by atoms with Gasteiger partial charge in [-0.3, -0.25) is 0 Å². The first-order valence-corrected chi connectivity index (χ1v) is 10.7. The van der Waals surface area contributed by atoms with E-state index in [9.17, 15) is 0 Å². The fourth-order valence-corrected chi connectivity index (χ4v) is 5.45. The van der Waals surface area contributed by atoms with Gasteiger partial charge in [0.25, 0.3) is 5.88 Å². The number of fused-ring (bicyclic) bond motifs is 4. The monoisotopic (exact) mass is 421 g/mol. The fourth-order valence-electron chi connectivity index (χ4n) is 5.45. The predicted molar refractivity (Wildman–Crippen MR) is 115 cm³/mol. The lowest BCUT2D eigenvalue weighted by Crippen LogP contribution is -2.34. The van der Waals surface area contributed by atoms with Crippen LogP contribution < -0.4 is 20.5 Å². The molecule has 0 saturated heterocycles. The summed E-state index contributed by atoms with van der Waals surface area (Å²) in [5.74, 6) is 1.03. The molecule has 160 valence electrons. The Morgan fingerprint density at radius 1 is 1.03 bits per heavy atom. The van der Waals surface area contributed by atoms with E-state index in [2.05, 4.69) is 20.3 Å². The number of aryl methyl sites for hydroxylation is 1. The largest absolute Gasteiger partial charge is 0.484 e. The molecular formula is C23H24FN5O2. The normalized spacial score (nSPS) is 26.4. The van der Waals surface area contributed by atoms with Gasteiger partial charge in [0, 0.05) is 28.4 Å². The Morgan fingerprint density at radius 3 is 2.61 bits per heavy atom. The molecule has 2 bridgehead atoms. The summed E-state index contributed by atoms with van der Waals surface area (Å²) in [7, 11) is 0. The van der Waals surface area contributed by atoms with Crippen LogP contribution >= 0.6 is 0 Å². The van der Waals surface area contributed by atoms with Gasteiger partial charge in [0.05, 0.1) is 16.6 Å². The van der Waals surface area contributed by atoms with Crippen LogP contribution in [-0.4, -0.2) is 39.2 Å². The number of benzene rings is 1. The molecule has 0 atom stereocenters. The van der Waals surface area contributed by atoms with Crippen molar-refractivity contribution in [3.63, 3.8) is 0 Å². The van der Waals surface area contributed by atoms with Crippen molar-refractivity contribution in [3.8, 4) is 22.8 Å². The molecule has 0 spiro atoms. The van der Waals surface area contributed by atoms with Crippen molar-refractivity contribution in [3.05, 3.63) is 35.9 Å². The lowest BCUT2D eigenvalue weighted by atomic mass is 9.92. The second-order valence-corrected chi connectivity index (χ2v) is 9.09. The number of nitrogens with one attached hydrogen (secondary N) is 1. The second-order valence-electron chi connectivity index (χ2n) is 9.09. The van der Waals surface area contributed by atoms with Crippen molar-refractivity contribution in [1.29, 1.82) is 0 Å². The summed E-state index contributed by atoms with van der Waals surface area (Å²) in [5, 5.41) is 3.95. The molecule has 3 aromatic rings. The third-order valence-corrected chi connectivity index (χ3v) is 6.98. The summed E-state index contributed by atoms with van der Waals surface area (Å²) < 4.78 is 27.0. The molecule has 7 nitrogen and oxygen atoms in total. The van der Waals surface area contributed by atoms with Crippen LogP contribution in [-0.2, 0) is 0 Å². The van der Waals surface area contributed by atoms with Crippen molar-refractivity contribution in [2.45, 2.75) is 50.1 Å². The van der Waals surface area contributed by atoms with Crippen molar-refractivity contribution in [2.75, 3.05) is 18.5 Å². The van der Waals surface area contributed by atoms with Crippen LogP contribution in [0.4, 0.5) is 10.3 Å². The summed E-state index contributed by atoms with van der Waals surface area (Å²) in [6.07, 6.45) is 6.62. The summed E-state index contributed by atoms with van der Waals surface area (Å²) in [6.45, 7) is 2.65. The van der Waals surface area contributed by atoms with E-state index in [-0.39, 0.29) is 16.9 Å². The molecule has 3 N–H and O–H groups in total. The minimum absolute atomic E-state index is 0.0409. The zero-order chi connectivity index (χ0) is 21.2. The van der Waals surface area contributed by atoms with E-state index < -0.39 is 0 Å². The number of anilines is 1. The number of pyridine rings is 1. The maximum Gasteiger partial charge on any atom is 0.257 e. The van der Waals surface area contributed by atoms with Gasteiger partial charge in [-0.05, 0) is 57.2 Å². The smallest absolute Gasteiger partial charge is 0.257 e. The third kappa shape index (κ3) is 2.92. The summed E-state index contributed by atoms with van der Waals surface area (Å²) in [6, 6.07) is 5.30. The van der Waals surface area contributed by atoms with Gasteiger partial charge in [-0.2, -0.15) is 0 Å². The molecule has 8 heteroatoms. The third-order valence-electron chi connectivity index (χ3n) is 6.98. The maximum atomic E-state index is 15.7. The number of ether oxygens (including phenoxy) is 2. The number of hydrogen-bond acceptors (Lipinski definition) is 7. The quantitative estimate of drug-likeness (QED) is 0.665. The molecule has 6 rings (SSSR count). The van der Waals surface area contributed by atoms with Crippen LogP contribution in [0.25, 0.3) is 22.0 Å². The molecule has 31 heavy (non-hydrogen) atoms. The SMILES string of the molecule is Cc1nc(NC23CCC(N)(CC2)C3)nc2ccc(-c3ccnc4c3OCCO4)c(F)c12. The fraction of sp³-hybridized carbons (Fsp3) is 0.435. The number of rotatable bonds is 3. The van der Waals surface area contributed by atoms with Gasteiger partial charge in [0.2, 0.25) is 5.95 Å². The lowest BCUT2D eigenvalue weighted by Gasteiger charge is -2.28. The van der Waals surface area contributed by atoms with Gasteiger partial charge in [0.15, 0.2) is 5.75 Å². The molecule has 2 saturated carbocycles. The molecule has 2 fully saturated rings. The highest BCUT2D eigenvalue weighted by atomic mass is 19.1. The Balaban J connectivity index is 1.41. The Morgan fingerprint density at radius 2 is 1.84 bits per heavy atom. The van der Waals surface area contributed by atoms with Crippen molar-refractivity contribution < 1.29 is 13.9 Å². The highest BCUT2D eigenvalue weighted by molar-refractivity contribution is 5.89. The molecule has 0 amide bonds. The predicted octanol–water partition coefficient (Wildman–Crippen LogP) is 3.74. The standard InChI is InChI=1S/C23H24FN5O2/c1-13-17-16(28-21(27-13)29-23-7-5-22(25,12-23)6-8-23)3-2-14(18(17)24)15-4-9-26-20-19(15)30-10-11-31-20/h2-4,9H,5-8,10-12,25H2,1H3,(H,27,28,29). The molecule has 0 radical (unpaired) electrons. The number of nitrogens with zero attached hydrogens (tertiary/aromatic N) is 3. The van der Waals surface area contributed by atoms with Crippen molar-refractivity contribution in [1.82, 2.24) is 15.0 Å². The average molecular weight is 421 g/mol. The number of nitrogens with two attached hydrogens (primary N) is 1. The average Bonchev–Trinajstić information content (AvgIpc) is 3.26. The van der Waals surface area contributed by atoms with Gasteiger partial charge in [0.1, 0.15) is 19.0 Å². The summed E-state index contributed by atoms with van der Waals surface area (Å²) >= 11 is 0. The number of aromatic nitrogens is 3. The Kier molecular flexibility index (Phi) is 3.93. The molecule has 3 heterocycles. The highest BCUT2D eigenvalue weighted by Crippen LogP contribution is 2.50. The zero-order valence-corrected chi connectivity index (χ0v) is 17.4. The minimum atomic E-state index is -0.370. The Hall–Kier alpha value is -3.00. The van der Waals surface area contributed by atoms with Gasteiger partial charge in [-0.15, -0.1) is 0 Å². The van der Waals surface area contributed by atoms with Crippen LogP contribution in [0.1, 0.15) is 37.8 Å². The van der Waals surface area contributed by atoms with Gasteiger partial charge in [-0.25, -0.2) is 19.3 Å². The second kappa shape index (κ2) is 6.50. The van der Waals surface area contributed by atoms with E-state index in [4.69, 9.17) is 15.2 Å². The molecule has 1 aromatic carbocycles. The van der Waals surface area contributed by atoms with Crippen LogP contribution in [0, 0.1) is 12.7 Å². The number of hydrogen-bond donors (Lipinski definition) is 2. The minimum Gasteiger partial charge on any atom is -0.484 e. The van der Waals surface area contributed by atoms with E-state index in [0.717, 1.165) is 32.1 Å². The van der Waals surface area contributed by atoms with Crippen LogP contribution in [0.5, 0.6) is 11.6 Å². The molecule has 3 aliphatic rings. The molecular weight excluding hydrogens is 397 g/mol. The van der Waals surface area contributed by atoms with Crippen LogP contribution in [0.15, 0.2) is 24.4 Å². The first-order valence-electron chi connectivity index (χ1n) is 10.7. The Labute approximate surface area is 179 Å². The zero-order valence-electron chi connectivity index (χ0n) is 17.4. The molecule has 2 aliphatic carbocycles. The highest BCUT2D eigenvalue weighted by Gasteiger charge is 2.52. The molecule has 2 aromatic heterocycles. The Bertz CT molecular complexity index is 1210. The van der Waals surface area contributed by atoms with Crippen molar-refractivity contribution >= 4 is 16.9 Å². The molecule has 0 unspecified atom stereocenters. The first-order chi connectivity index (χ1) is 15.0. The summed E-state index contributed by atoms with van der Waals surface area (Å²) in [5.41, 5.74) is 8.54. The van der Waals surface area contributed by atoms with E-state index in [1.165, 1.54) is 0 Å². The van der Waals surface area contributed by atoms with E-state index in [0.29, 0.717) is 58.5 Å². The number of halogens is 1. The van der Waals surface area contributed by atoms with Crippen molar-refractivity contribution in [2.24, 2.45) is 5.73 Å². The topological polar surface area (TPSA) is 95.2 Å². The summed E-state index contributed by atoms with van der Waals surface area (Å²) in [4.78, 5) is 13.4. The van der Waals surface area contributed by atoms with Gasteiger partial charge < -0.3 is 20.5 Å². The van der Waals surface area contributed by atoms with E-state index in [1.54, 1.807) is 18.3 Å². The molecule has 1 aliphatic heterocycles. The first kappa shape index (κ1) is 18.7. The van der Waals surface area contributed by atoms with E-state index >= 15 is 4.39 Å². The van der Waals surface area contributed by atoms with E-state index in [1.807, 2.05) is 13.0 Å². The van der Waals surface area contributed by atoms with Crippen LogP contribution in [0.3, 0.4) is 0 Å².